The third-order valence-corrected chi connectivity index (χ3v) is 4.08. The van der Waals surface area contributed by atoms with Gasteiger partial charge in [0.15, 0.2) is 0 Å². The molecular formula is C16H25N. The van der Waals surface area contributed by atoms with Crippen LogP contribution in [0, 0.1) is 12.8 Å². The number of benzene rings is 1. The Morgan fingerprint density at radius 2 is 2.00 bits per heavy atom. The second-order valence-electron chi connectivity index (χ2n) is 5.43. The van der Waals surface area contributed by atoms with Gasteiger partial charge in [0.25, 0.3) is 0 Å². The maximum Gasteiger partial charge on any atom is 0.00218 e. The maximum atomic E-state index is 2.63. The SMILES string of the molecule is CCC1CCN(CCc2cccc(C)c2)CC1. The fourth-order valence-electron chi connectivity index (χ4n) is 2.77. The maximum absolute atomic E-state index is 2.63. The Bertz CT molecular complexity index is 337. The molecule has 0 N–H and O–H groups in total. The van der Waals surface area contributed by atoms with Gasteiger partial charge in [-0.15, -0.1) is 0 Å². The van der Waals surface area contributed by atoms with Gasteiger partial charge < -0.3 is 4.90 Å². The fraction of sp³-hybridized carbons (Fsp3) is 0.625. The molecule has 0 radical (unpaired) electrons. The molecule has 1 aliphatic rings. The van der Waals surface area contributed by atoms with Crippen molar-refractivity contribution in [3.63, 3.8) is 0 Å². The number of rotatable bonds is 4. The monoisotopic (exact) mass is 231 g/mol. The summed E-state index contributed by atoms with van der Waals surface area (Å²) in [6.07, 6.45) is 5.39. The molecular weight excluding hydrogens is 206 g/mol. The average molecular weight is 231 g/mol. The molecule has 0 bridgehead atoms. The summed E-state index contributed by atoms with van der Waals surface area (Å²) in [6.45, 7) is 8.36. The number of piperidine rings is 1. The molecule has 0 amide bonds. The molecule has 2 rings (SSSR count). The fourth-order valence-corrected chi connectivity index (χ4v) is 2.77. The molecule has 1 aliphatic heterocycles. The highest BCUT2D eigenvalue weighted by Crippen LogP contribution is 2.20. The second-order valence-corrected chi connectivity index (χ2v) is 5.43. The van der Waals surface area contributed by atoms with Crippen molar-refractivity contribution in [3.8, 4) is 0 Å². The van der Waals surface area contributed by atoms with Gasteiger partial charge in [-0.1, -0.05) is 43.2 Å². The van der Waals surface area contributed by atoms with Crippen LogP contribution in [0.25, 0.3) is 0 Å². The van der Waals surface area contributed by atoms with Crippen LogP contribution in [0.5, 0.6) is 0 Å². The van der Waals surface area contributed by atoms with Gasteiger partial charge in [0.2, 0.25) is 0 Å². The van der Waals surface area contributed by atoms with E-state index in [-0.39, 0.29) is 0 Å². The van der Waals surface area contributed by atoms with E-state index in [0.29, 0.717) is 0 Å². The Balaban J connectivity index is 1.76. The van der Waals surface area contributed by atoms with Gasteiger partial charge in [0, 0.05) is 6.54 Å². The lowest BCUT2D eigenvalue weighted by Crippen LogP contribution is -2.34. The highest BCUT2D eigenvalue weighted by Gasteiger charge is 2.16. The van der Waals surface area contributed by atoms with E-state index >= 15 is 0 Å². The molecule has 0 saturated carbocycles. The first-order valence-electron chi connectivity index (χ1n) is 7.06. The normalized spacial score (nSPS) is 18.5. The highest BCUT2D eigenvalue weighted by atomic mass is 15.1. The van der Waals surface area contributed by atoms with Crippen LogP contribution in [0.4, 0.5) is 0 Å². The van der Waals surface area contributed by atoms with Gasteiger partial charge in [-0.05, 0) is 50.8 Å². The van der Waals surface area contributed by atoms with Crippen molar-refractivity contribution in [1.82, 2.24) is 4.90 Å². The standard InChI is InChI=1S/C16H25N/c1-3-15-7-10-17(11-8-15)12-9-16-6-4-5-14(2)13-16/h4-6,13,15H,3,7-12H2,1-2H3. The molecule has 1 nitrogen and oxygen atoms in total. The van der Waals surface area contributed by atoms with Crippen molar-refractivity contribution < 1.29 is 0 Å². The van der Waals surface area contributed by atoms with Crippen LogP contribution < -0.4 is 0 Å². The number of aryl methyl sites for hydroxylation is 1. The molecule has 1 aromatic carbocycles. The molecule has 0 unspecified atom stereocenters. The molecule has 1 aromatic rings. The van der Waals surface area contributed by atoms with Gasteiger partial charge >= 0.3 is 0 Å². The van der Waals surface area contributed by atoms with Crippen LogP contribution in [-0.2, 0) is 6.42 Å². The molecule has 0 aliphatic carbocycles. The topological polar surface area (TPSA) is 3.24 Å². The van der Waals surface area contributed by atoms with E-state index in [1.807, 2.05) is 0 Å². The van der Waals surface area contributed by atoms with Crippen molar-refractivity contribution in [2.45, 2.75) is 39.5 Å². The largest absolute Gasteiger partial charge is 0.303 e. The van der Waals surface area contributed by atoms with E-state index < -0.39 is 0 Å². The summed E-state index contributed by atoms with van der Waals surface area (Å²) in [5.41, 5.74) is 2.87. The van der Waals surface area contributed by atoms with E-state index in [4.69, 9.17) is 0 Å². The average Bonchev–Trinajstić information content (AvgIpc) is 2.37. The summed E-state index contributed by atoms with van der Waals surface area (Å²) in [7, 11) is 0. The van der Waals surface area contributed by atoms with Gasteiger partial charge in [-0.25, -0.2) is 0 Å². The number of hydrogen-bond donors (Lipinski definition) is 0. The zero-order chi connectivity index (χ0) is 12.1. The minimum Gasteiger partial charge on any atom is -0.303 e. The molecule has 94 valence electrons. The quantitative estimate of drug-likeness (QED) is 0.764. The molecule has 17 heavy (non-hydrogen) atoms. The predicted octanol–water partition coefficient (Wildman–Crippen LogP) is 3.66. The summed E-state index contributed by atoms with van der Waals surface area (Å²) in [5.74, 6) is 0.991. The lowest BCUT2D eigenvalue weighted by Gasteiger charge is -2.31. The summed E-state index contributed by atoms with van der Waals surface area (Å²) in [5, 5.41) is 0. The summed E-state index contributed by atoms with van der Waals surface area (Å²) in [6, 6.07) is 8.93. The van der Waals surface area contributed by atoms with Crippen molar-refractivity contribution in [2.75, 3.05) is 19.6 Å². The van der Waals surface area contributed by atoms with E-state index in [0.717, 1.165) is 5.92 Å². The third-order valence-electron chi connectivity index (χ3n) is 4.08. The molecule has 1 heterocycles. The van der Waals surface area contributed by atoms with E-state index in [1.54, 1.807) is 0 Å². The van der Waals surface area contributed by atoms with E-state index in [1.165, 1.54) is 56.4 Å². The smallest absolute Gasteiger partial charge is 0.00218 e. The van der Waals surface area contributed by atoms with Crippen LogP contribution in [0.3, 0.4) is 0 Å². The van der Waals surface area contributed by atoms with Gasteiger partial charge in [-0.2, -0.15) is 0 Å². The predicted molar refractivity (Wildman–Crippen MR) is 74.3 cm³/mol. The van der Waals surface area contributed by atoms with Crippen LogP contribution in [0.15, 0.2) is 24.3 Å². The van der Waals surface area contributed by atoms with Crippen molar-refractivity contribution in [2.24, 2.45) is 5.92 Å². The summed E-state index contributed by atoms with van der Waals surface area (Å²) < 4.78 is 0. The number of nitrogens with zero attached hydrogens (tertiary/aromatic N) is 1. The summed E-state index contributed by atoms with van der Waals surface area (Å²) in [4.78, 5) is 2.63. The zero-order valence-electron chi connectivity index (χ0n) is 11.3. The number of likely N-dealkylation sites (tertiary alicyclic amines) is 1. The second kappa shape index (κ2) is 6.20. The minimum absolute atomic E-state index is 0.991. The van der Waals surface area contributed by atoms with Crippen LogP contribution in [0.1, 0.15) is 37.3 Å². The first kappa shape index (κ1) is 12.6. The highest BCUT2D eigenvalue weighted by molar-refractivity contribution is 5.22. The van der Waals surface area contributed by atoms with Gasteiger partial charge in [0.05, 0.1) is 0 Å². The molecule has 1 saturated heterocycles. The zero-order valence-corrected chi connectivity index (χ0v) is 11.3. The van der Waals surface area contributed by atoms with Crippen molar-refractivity contribution >= 4 is 0 Å². The molecule has 1 heteroatoms. The minimum atomic E-state index is 0.991. The molecule has 0 atom stereocenters. The Kier molecular flexibility index (Phi) is 4.61. The van der Waals surface area contributed by atoms with E-state index in [9.17, 15) is 0 Å². The molecule has 0 aromatic heterocycles. The van der Waals surface area contributed by atoms with Gasteiger partial charge in [-0.3, -0.25) is 0 Å². The van der Waals surface area contributed by atoms with E-state index in [2.05, 4.69) is 43.0 Å². The van der Waals surface area contributed by atoms with Crippen LogP contribution >= 0.6 is 0 Å². The third kappa shape index (κ3) is 3.85. The van der Waals surface area contributed by atoms with Crippen LogP contribution in [0.2, 0.25) is 0 Å². The Morgan fingerprint density at radius 3 is 2.65 bits per heavy atom. The molecule has 0 spiro atoms. The first-order chi connectivity index (χ1) is 8.28. The van der Waals surface area contributed by atoms with Crippen LogP contribution in [-0.4, -0.2) is 24.5 Å². The van der Waals surface area contributed by atoms with Gasteiger partial charge in [0.1, 0.15) is 0 Å². The molecule has 1 fully saturated rings. The van der Waals surface area contributed by atoms with Crippen molar-refractivity contribution in [3.05, 3.63) is 35.4 Å². The first-order valence-corrected chi connectivity index (χ1v) is 7.06. The Hall–Kier alpha value is -0.820. The number of hydrogen-bond acceptors (Lipinski definition) is 1. The lowest BCUT2D eigenvalue weighted by atomic mass is 9.94. The Morgan fingerprint density at radius 1 is 1.24 bits per heavy atom. The summed E-state index contributed by atoms with van der Waals surface area (Å²) >= 11 is 0. The van der Waals surface area contributed by atoms with Crippen molar-refractivity contribution in [1.29, 1.82) is 0 Å². The lowest BCUT2D eigenvalue weighted by molar-refractivity contribution is 0.184. The Labute approximate surface area is 106 Å².